The maximum atomic E-state index is 11.4. The molecule has 1 heterocycles. The SMILES string of the molecule is Cc1cc(O)c2nc[nH]c(=O)c2c1N. The van der Waals surface area contributed by atoms with E-state index in [2.05, 4.69) is 9.97 Å². The number of nitrogens with one attached hydrogen (secondary N) is 1. The first-order chi connectivity index (χ1) is 6.61. The lowest BCUT2D eigenvalue weighted by Crippen LogP contribution is -2.09. The Kier molecular flexibility index (Phi) is 1.67. The highest BCUT2D eigenvalue weighted by molar-refractivity contribution is 5.94. The molecule has 0 unspecified atom stereocenters. The van der Waals surface area contributed by atoms with Gasteiger partial charge in [0.15, 0.2) is 0 Å². The fraction of sp³-hybridized carbons (Fsp3) is 0.111. The Hall–Kier alpha value is -2.04. The van der Waals surface area contributed by atoms with Crippen LogP contribution in [-0.2, 0) is 0 Å². The summed E-state index contributed by atoms with van der Waals surface area (Å²) >= 11 is 0. The molecule has 5 nitrogen and oxygen atoms in total. The number of nitrogen functional groups attached to an aromatic ring is 1. The number of benzene rings is 1. The van der Waals surface area contributed by atoms with Crippen molar-refractivity contribution in [1.82, 2.24) is 9.97 Å². The number of fused-ring (bicyclic) bond motifs is 1. The molecule has 1 aromatic carbocycles. The minimum absolute atomic E-state index is 0.0298. The maximum Gasteiger partial charge on any atom is 0.260 e. The van der Waals surface area contributed by atoms with Crippen molar-refractivity contribution in [3.63, 3.8) is 0 Å². The molecule has 2 rings (SSSR count). The number of aromatic amines is 1. The van der Waals surface area contributed by atoms with Crippen LogP contribution in [0.4, 0.5) is 5.69 Å². The van der Waals surface area contributed by atoms with Gasteiger partial charge in [-0.25, -0.2) is 4.98 Å². The summed E-state index contributed by atoms with van der Waals surface area (Å²) in [4.78, 5) is 17.7. The van der Waals surface area contributed by atoms with Crippen molar-refractivity contribution < 1.29 is 5.11 Å². The molecule has 1 aromatic heterocycles. The zero-order valence-electron chi connectivity index (χ0n) is 7.53. The van der Waals surface area contributed by atoms with E-state index in [-0.39, 0.29) is 22.2 Å². The van der Waals surface area contributed by atoms with Gasteiger partial charge in [0.2, 0.25) is 0 Å². The van der Waals surface area contributed by atoms with E-state index in [1.165, 1.54) is 12.4 Å². The molecular weight excluding hydrogens is 182 g/mol. The number of aromatic nitrogens is 2. The molecule has 0 aliphatic carbocycles. The number of phenolic OH excluding ortho intramolecular Hbond substituents is 1. The molecule has 0 atom stereocenters. The van der Waals surface area contributed by atoms with Crippen LogP contribution in [0.1, 0.15) is 5.56 Å². The molecule has 0 aliphatic rings. The quantitative estimate of drug-likeness (QED) is 0.418. The van der Waals surface area contributed by atoms with Crippen molar-refractivity contribution in [2.24, 2.45) is 0 Å². The molecule has 4 N–H and O–H groups in total. The van der Waals surface area contributed by atoms with E-state index < -0.39 is 0 Å². The number of nitrogens with two attached hydrogens (primary N) is 1. The van der Waals surface area contributed by atoms with E-state index in [0.29, 0.717) is 11.3 Å². The Morgan fingerprint density at radius 2 is 2.29 bits per heavy atom. The number of aromatic hydroxyl groups is 1. The molecule has 0 fully saturated rings. The summed E-state index contributed by atoms with van der Waals surface area (Å²) in [5, 5.41) is 9.77. The average molecular weight is 191 g/mol. The smallest absolute Gasteiger partial charge is 0.260 e. The van der Waals surface area contributed by atoms with Crippen molar-refractivity contribution in [2.75, 3.05) is 5.73 Å². The summed E-state index contributed by atoms with van der Waals surface area (Å²) < 4.78 is 0. The summed E-state index contributed by atoms with van der Waals surface area (Å²) in [6, 6.07) is 1.49. The summed E-state index contributed by atoms with van der Waals surface area (Å²) in [6.07, 6.45) is 1.24. The maximum absolute atomic E-state index is 11.4. The monoisotopic (exact) mass is 191 g/mol. The molecule has 14 heavy (non-hydrogen) atoms. The second-order valence-corrected chi connectivity index (χ2v) is 3.08. The second-order valence-electron chi connectivity index (χ2n) is 3.08. The summed E-state index contributed by atoms with van der Waals surface area (Å²) in [7, 11) is 0. The van der Waals surface area contributed by atoms with Gasteiger partial charge in [0, 0.05) is 5.69 Å². The zero-order chi connectivity index (χ0) is 10.3. The predicted octanol–water partition coefficient (Wildman–Crippen LogP) is 0.519. The van der Waals surface area contributed by atoms with Crippen LogP contribution in [0.3, 0.4) is 0 Å². The van der Waals surface area contributed by atoms with E-state index >= 15 is 0 Å². The van der Waals surface area contributed by atoms with Crippen LogP contribution in [0.25, 0.3) is 10.9 Å². The van der Waals surface area contributed by atoms with Gasteiger partial charge in [0.1, 0.15) is 11.3 Å². The number of phenols is 1. The number of aryl methyl sites for hydroxylation is 1. The topological polar surface area (TPSA) is 92.0 Å². The number of rotatable bonds is 0. The highest BCUT2D eigenvalue weighted by atomic mass is 16.3. The molecule has 0 bridgehead atoms. The molecule has 0 radical (unpaired) electrons. The van der Waals surface area contributed by atoms with Crippen LogP contribution in [0.15, 0.2) is 17.2 Å². The zero-order valence-corrected chi connectivity index (χ0v) is 7.53. The largest absolute Gasteiger partial charge is 0.506 e. The first-order valence-corrected chi connectivity index (χ1v) is 4.06. The van der Waals surface area contributed by atoms with E-state index in [9.17, 15) is 9.90 Å². The van der Waals surface area contributed by atoms with Crippen molar-refractivity contribution >= 4 is 16.6 Å². The van der Waals surface area contributed by atoms with Gasteiger partial charge in [-0.3, -0.25) is 4.79 Å². The Morgan fingerprint density at radius 3 is 3.00 bits per heavy atom. The van der Waals surface area contributed by atoms with Crippen LogP contribution < -0.4 is 11.3 Å². The lowest BCUT2D eigenvalue weighted by atomic mass is 10.1. The van der Waals surface area contributed by atoms with Crippen molar-refractivity contribution in [1.29, 1.82) is 0 Å². The van der Waals surface area contributed by atoms with Gasteiger partial charge in [-0.05, 0) is 18.6 Å². The Morgan fingerprint density at radius 1 is 1.57 bits per heavy atom. The first-order valence-electron chi connectivity index (χ1n) is 4.06. The van der Waals surface area contributed by atoms with Crippen molar-refractivity contribution in [3.8, 4) is 5.75 Å². The van der Waals surface area contributed by atoms with Crippen LogP contribution in [0.2, 0.25) is 0 Å². The fourth-order valence-electron chi connectivity index (χ4n) is 1.39. The third kappa shape index (κ3) is 1.02. The van der Waals surface area contributed by atoms with Crippen molar-refractivity contribution in [2.45, 2.75) is 6.92 Å². The minimum Gasteiger partial charge on any atom is -0.506 e. The second kappa shape index (κ2) is 2.73. The molecule has 72 valence electrons. The van der Waals surface area contributed by atoms with Gasteiger partial charge in [-0.2, -0.15) is 0 Å². The van der Waals surface area contributed by atoms with Crippen molar-refractivity contribution in [3.05, 3.63) is 28.3 Å². The summed E-state index contributed by atoms with van der Waals surface area (Å²) in [5.74, 6) is -0.0298. The molecule has 5 heteroatoms. The predicted molar refractivity (Wildman–Crippen MR) is 53.2 cm³/mol. The van der Waals surface area contributed by atoms with Crippen LogP contribution in [-0.4, -0.2) is 15.1 Å². The van der Waals surface area contributed by atoms with Gasteiger partial charge in [0.05, 0.1) is 11.7 Å². The Bertz CT molecular complexity index is 560. The third-order valence-corrected chi connectivity index (χ3v) is 2.14. The van der Waals surface area contributed by atoms with Gasteiger partial charge in [0.25, 0.3) is 5.56 Å². The Labute approximate surface area is 79.2 Å². The number of H-pyrrole nitrogens is 1. The van der Waals surface area contributed by atoms with Crippen LogP contribution in [0.5, 0.6) is 5.75 Å². The molecule has 0 spiro atoms. The third-order valence-electron chi connectivity index (χ3n) is 2.14. The fourth-order valence-corrected chi connectivity index (χ4v) is 1.39. The van der Waals surface area contributed by atoms with Gasteiger partial charge in [-0.15, -0.1) is 0 Å². The Balaban J connectivity index is 3.11. The van der Waals surface area contributed by atoms with Gasteiger partial charge >= 0.3 is 0 Å². The van der Waals surface area contributed by atoms with Crippen LogP contribution >= 0.6 is 0 Å². The van der Waals surface area contributed by atoms with Gasteiger partial charge < -0.3 is 15.8 Å². The molecule has 0 saturated heterocycles. The normalized spacial score (nSPS) is 10.6. The lowest BCUT2D eigenvalue weighted by molar-refractivity contribution is 0.480. The summed E-state index contributed by atoms with van der Waals surface area (Å²) in [5.41, 5.74) is 6.62. The molecule has 0 amide bonds. The van der Waals surface area contributed by atoms with E-state index in [0.717, 1.165) is 0 Å². The molecule has 0 aliphatic heterocycles. The van der Waals surface area contributed by atoms with Crippen LogP contribution in [0, 0.1) is 6.92 Å². The minimum atomic E-state index is -0.341. The highest BCUT2D eigenvalue weighted by Crippen LogP contribution is 2.27. The average Bonchev–Trinajstić information content (AvgIpc) is 2.14. The highest BCUT2D eigenvalue weighted by Gasteiger charge is 2.10. The van der Waals surface area contributed by atoms with Gasteiger partial charge in [-0.1, -0.05) is 0 Å². The first kappa shape index (κ1) is 8.55. The number of hydrogen-bond acceptors (Lipinski definition) is 4. The number of nitrogens with zero attached hydrogens (tertiary/aromatic N) is 1. The van der Waals surface area contributed by atoms with E-state index in [4.69, 9.17) is 5.73 Å². The molecular formula is C9H9N3O2. The molecule has 0 saturated carbocycles. The number of hydrogen-bond donors (Lipinski definition) is 3. The lowest BCUT2D eigenvalue weighted by Gasteiger charge is -2.05. The van der Waals surface area contributed by atoms with E-state index in [1.807, 2.05) is 0 Å². The molecule has 2 aromatic rings. The standard InChI is InChI=1S/C9H9N3O2/c1-4-2-5(13)8-6(7(4)10)9(14)12-3-11-8/h2-3,13H,10H2,1H3,(H,11,12,14). The van der Waals surface area contributed by atoms with E-state index in [1.54, 1.807) is 6.92 Å². The summed E-state index contributed by atoms with van der Waals surface area (Å²) in [6.45, 7) is 1.72. The number of anilines is 1.